The Morgan fingerprint density at radius 1 is 1.37 bits per heavy atom. The van der Waals surface area contributed by atoms with Crippen LogP contribution in [0.25, 0.3) is 0 Å². The molecule has 1 aliphatic heterocycles. The number of quaternary nitrogens is 1. The summed E-state index contributed by atoms with van der Waals surface area (Å²) in [5, 5.41) is 9.61. The van der Waals surface area contributed by atoms with Crippen molar-refractivity contribution in [2.45, 2.75) is 19.4 Å². The fraction of sp³-hybridized carbons (Fsp3) is 0.300. The lowest BCUT2D eigenvalue weighted by atomic mass is 9.84. The molecule has 1 aliphatic rings. The van der Waals surface area contributed by atoms with Crippen LogP contribution in [0.2, 0.25) is 0 Å². The highest BCUT2D eigenvalue weighted by Gasteiger charge is 2.34. The number of nitriles is 1. The molecule has 0 saturated carbocycles. The summed E-state index contributed by atoms with van der Waals surface area (Å²) in [6, 6.07) is 9.64. The van der Waals surface area contributed by atoms with Crippen molar-refractivity contribution >= 4 is 0 Å². The Kier molecular flexibility index (Phi) is 5.02. The Hall–Kier alpha value is -3.11. The number of nitrogens with zero attached hydrogens (tertiary/aromatic N) is 2. The molecular weight excluding hydrogens is 347 g/mol. The summed E-state index contributed by atoms with van der Waals surface area (Å²) in [5.74, 6) is -0.953. The van der Waals surface area contributed by atoms with Crippen LogP contribution in [0, 0.1) is 24.1 Å². The number of halogens is 1. The average Bonchev–Trinajstić information content (AvgIpc) is 2.60. The number of nitrogens with two attached hydrogens (primary N) is 1. The van der Waals surface area contributed by atoms with E-state index < -0.39 is 11.7 Å². The van der Waals surface area contributed by atoms with Gasteiger partial charge in [0.2, 0.25) is 5.88 Å². The molecule has 140 valence electrons. The number of hydrogen-bond acceptors (Lipinski definition) is 4. The summed E-state index contributed by atoms with van der Waals surface area (Å²) in [5.41, 5.74) is 7.34. The number of nitrogens with one attached hydrogen (secondary N) is 1. The van der Waals surface area contributed by atoms with Crippen molar-refractivity contribution in [3.05, 3.63) is 74.8 Å². The first-order chi connectivity index (χ1) is 12.8. The van der Waals surface area contributed by atoms with Crippen LogP contribution >= 0.6 is 0 Å². The van der Waals surface area contributed by atoms with E-state index in [9.17, 15) is 14.4 Å². The van der Waals surface area contributed by atoms with Crippen LogP contribution in [0.1, 0.15) is 22.7 Å². The normalized spacial score (nSPS) is 16.1. The van der Waals surface area contributed by atoms with Crippen LogP contribution in [0.3, 0.4) is 0 Å². The number of aromatic nitrogens is 1. The second kappa shape index (κ2) is 7.25. The molecule has 1 aromatic carbocycles. The third-order valence-corrected chi connectivity index (χ3v) is 4.71. The van der Waals surface area contributed by atoms with E-state index >= 15 is 0 Å². The quantitative estimate of drug-likeness (QED) is 0.829. The van der Waals surface area contributed by atoms with Gasteiger partial charge in [-0.3, -0.25) is 4.79 Å². The number of aryl methyl sites for hydroxylation is 1. The minimum atomic E-state index is -0.763. The zero-order valence-corrected chi connectivity index (χ0v) is 15.5. The minimum Gasteiger partial charge on any atom is -0.440 e. The molecule has 0 amide bonds. The third-order valence-electron chi connectivity index (χ3n) is 4.71. The Morgan fingerprint density at radius 3 is 2.74 bits per heavy atom. The van der Waals surface area contributed by atoms with E-state index in [1.54, 1.807) is 22.8 Å². The predicted octanol–water partition coefficient (Wildman–Crippen LogP) is 0.658. The largest absolute Gasteiger partial charge is 0.440 e. The average molecular weight is 369 g/mol. The number of fused-ring (bicyclic) bond motifs is 1. The Labute approximate surface area is 156 Å². The summed E-state index contributed by atoms with van der Waals surface area (Å²) >= 11 is 0. The fourth-order valence-corrected chi connectivity index (χ4v) is 3.32. The topological polar surface area (TPSA) is 85.5 Å². The lowest BCUT2D eigenvalue weighted by Gasteiger charge is -2.27. The molecule has 0 aliphatic carbocycles. The van der Waals surface area contributed by atoms with E-state index in [1.807, 2.05) is 27.1 Å². The Morgan fingerprint density at radius 2 is 2.11 bits per heavy atom. The van der Waals surface area contributed by atoms with E-state index in [0.29, 0.717) is 23.4 Å². The number of benzene rings is 1. The molecule has 6 nitrogen and oxygen atoms in total. The summed E-state index contributed by atoms with van der Waals surface area (Å²) in [6.07, 6.45) is 0. The summed E-state index contributed by atoms with van der Waals surface area (Å²) < 4.78 is 21.1. The fourth-order valence-electron chi connectivity index (χ4n) is 3.32. The zero-order chi connectivity index (χ0) is 19.7. The zero-order valence-electron chi connectivity index (χ0n) is 15.5. The standard InChI is InChI=1S/C20H21FN4O2/c1-12-9-16-18(20(26)25(12)8-7-24(2)3)17(15(11-22)19(23)27-16)13-5-4-6-14(21)10-13/h4-6,9-10,17H,7-8,23H2,1-3H3/p+1/t17-/m0/s1. The number of likely N-dealkylation sites (N-methyl/N-ethyl adjacent to an activating group) is 1. The maximum Gasteiger partial charge on any atom is 0.258 e. The van der Waals surface area contributed by atoms with Gasteiger partial charge in [0.15, 0.2) is 0 Å². The van der Waals surface area contributed by atoms with Crippen LogP contribution in [0.4, 0.5) is 4.39 Å². The first-order valence-corrected chi connectivity index (χ1v) is 8.70. The van der Waals surface area contributed by atoms with Gasteiger partial charge in [-0.25, -0.2) is 4.39 Å². The molecule has 0 spiro atoms. The molecule has 0 bridgehead atoms. The molecule has 0 unspecified atom stereocenters. The number of rotatable bonds is 4. The number of ether oxygens (including phenoxy) is 1. The molecule has 3 N–H and O–H groups in total. The van der Waals surface area contributed by atoms with Gasteiger partial charge in [-0.1, -0.05) is 12.1 Å². The second-order valence-corrected chi connectivity index (χ2v) is 6.96. The van der Waals surface area contributed by atoms with Gasteiger partial charge in [0.1, 0.15) is 23.2 Å². The van der Waals surface area contributed by atoms with E-state index in [-0.39, 0.29) is 17.0 Å². The molecule has 2 heterocycles. The maximum atomic E-state index is 13.8. The smallest absolute Gasteiger partial charge is 0.258 e. The lowest BCUT2D eigenvalue weighted by Crippen LogP contribution is -3.06. The highest BCUT2D eigenvalue weighted by molar-refractivity contribution is 5.55. The van der Waals surface area contributed by atoms with Crippen molar-refractivity contribution in [3.63, 3.8) is 0 Å². The van der Waals surface area contributed by atoms with Crippen LogP contribution in [0.5, 0.6) is 5.75 Å². The first-order valence-electron chi connectivity index (χ1n) is 8.70. The molecule has 27 heavy (non-hydrogen) atoms. The van der Waals surface area contributed by atoms with Crippen molar-refractivity contribution < 1.29 is 14.0 Å². The molecule has 1 atom stereocenters. The van der Waals surface area contributed by atoms with Crippen molar-refractivity contribution in [1.29, 1.82) is 5.26 Å². The lowest BCUT2D eigenvalue weighted by molar-refractivity contribution is -0.858. The van der Waals surface area contributed by atoms with Crippen molar-refractivity contribution in [3.8, 4) is 11.8 Å². The van der Waals surface area contributed by atoms with Gasteiger partial charge >= 0.3 is 0 Å². The van der Waals surface area contributed by atoms with Crippen LogP contribution in [-0.2, 0) is 6.54 Å². The van der Waals surface area contributed by atoms with E-state index in [2.05, 4.69) is 0 Å². The van der Waals surface area contributed by atoms with Gasteiger partial charge in [0.05, 0.1) is 38.7 Å². The summed E-state index contributed by atoms with van der Waals surface area (Å²) in [6.45, 7) is 3.11. The van der Waals surface area contributed by atoms with Gasteiger partial charge in [0, 0.05) is 11.8 Å². The predicted molar refractivity (Wildman–Crippen MR) is 98.8 cm³/mol. The van der Waals surface area contributed by atoms with Gasteiger partial charge in [-0.2, -0.15) is 5.26 Å². The molecule has 3 rings (SSSR count). The molecule has 2 aromatic rings. The van der Waals surface area contributed by atoms with Crippen molar-refractivity contribution in [2.75, 3.05) is 20.6 Å². The molecule has 0 fully saturated rings. The maximum absolute atomic E-state index is 13.8. The number of hydrogen-bond donors (Lipinski definition) is 2. The molecule has 0 radical (unpaired) electrons. The summed E-state index contributed by atoms with van der Waals surface area (Å²) in [7, 11) is 4.02. The monoisotopic (exact) mass is 369 g/mol. The van der Waals surface area contributed by atoms with E-state index in [4.69, 9.17) is 10.5 Å². The van der Waals surface area contributed by atoms with Gasteiger partial charge < -0.3 is 19.9 Å². The van der Waals surface area contributed by atoms with Gasteiger partial charge in [0.25, 0.3) is 5.56 Å². The highest BCUT2D eigenvalue weighted by Crippen LogP contribution is 2.40. The van der Waals surface area contributed by atoms with Crippen LogP contribution in [0.15, 0.2) is 46.6 Å². The van der Waals surface area contributed by atoms with Gasteiger partial charge in [-0.15, -0.1) is 0 Å². The minimum absolute atomic E-state index is 0.0615. The Bertz CT molecular complexity index is 1020. The second-order valence-electron chi connectivity index (χ2n) is 6.96. The van der Waals surface area contributed by atoms with E-state index in [0.717, 1.165) is 12.2 Å². The first kappa shape index (κ1) is 18.7. The third kappa shape index (κ3) is 3.44. The molecule has 7 heteroatoms. The summed E-state index contributed by atoms with van der Waals surface area (Å²) in [4.78, 5) is 14.5. The molecular formula is C20H22FN4O2+. The number of allylic oxidation sites excluding steroid dienone is 1. The molecule has 1 aromatic heterocycles. The van der Waals surface area contributed by atoms with Gasteiger partial charge in [-0.05, 0) is 24.6 Å². The van der Waals surface area contributed by atoms with Crippen LogP contribution < -0.4 is 20.9 Å². The number of pyridine rings is 1. The van der Waals surface area contributed by atoms with Crippen molar-refractivity contribution in [2.24, 2.45) is 5.73 Å². The highest BCUT2D eigenvalue weighted by atomic mass is 19.1. The van der Waals surface area contributed by atoms with Crippen molar-refractivity contribution in [1.82, 2.24) is 4.57 Å². The van der Waals surface area contributed by atoms with Crippen LogP contribution in [-0.4, -0.2) is 25.2 Å². The molecule has 0 saturated heterocycles. The Balaban J connectivity index is 2.24. The van der Waals surface area contributed by atoms with E-state index in [1.165, 1.54) is 17.0 Å². The SMILES string of the molecule is Cc1cc2c(c(=O)n1CC[NH+](C)C)[C@@H](c1cccc(F)c1)C(C#N)=C(N)O2.